The maximum atomic E-state index is 11.0. The highest BCUT2D eigenvalue weighted by Gasteiger charge is 2.15. The summed E-state index contributed by atoms with van der Waals surface area (Å²) < 4.78 is 0. The van der Waals surface area contributed by atoms with Gasteiger partial charge in [0.2, 0.25) is 5.91 Å². The van der Waals surface area contributed by atoms with E-state index in [2.05, 4.69) is 5.32 Å². The highest BCUT2D eigenvalue weighted by Crippen LogP contribution is 1.99. The predicted molar refractivity (Wildman–Crippen MR) is 39.2 cm³/mol. The maximum Gasteiger partial charge on any atom is 0.236 e. The molecule has 1 aliphatic rings. The van der Waals surface area contributed by atoms with E-state index in [1.807, 2.05) is 13.5 Å². The van der Waals surface area contributed by atoms with Crippen LogP contribution in [-0.4, -0.2) is 30.4 Å². The van der Waals surface area contributed by atoms with Gasteiger partial charge in [0.15, 0.2) is 0 Å². The van der Waals surface area contributed by atoms with Gasteiger partial charge in [-0.3, -0.25) is 4.79 Å². The smallest absolute Gasteiger partial charge is 0.236 e. The molecule has 0 atom stereocenters. The number of nitrogens with zero attached hydrogens (tertiary/aromatic N) is 1. The van der Waals surface area contributed by atoms with Gasteiger partial charge in [-0.2, -0.15) is 0 Å². The second kappa shape index (κ2) is 3.56. The Morgan fingerprint density at radius 1 is 1.80 bits per heavy atom. The lowest BCUT2D eigenvalue weighted by Crippen LogP contribution is -2.46. The van der Waals surface area contributed by atoms with Crippen LogP contribution in [0.2, 0.25) is 0 Å². The molecule has 0 aromatic heterocycles. The maximum absolute atomic E-state index is 11.0. The monoisotopic (exact) mass is 141 g/mol. The number of nitrogens with one attached hydrogen (secondary N) is 1. The van der Waals surface area contributed by atoms with Crippen molar-refractivity contribution in [2.45, 2.75) is 13.3 Å². The number of amides is 1. The Bertz CT molecular complexity index is 123. The molecule has 1 amide bonds. The van der Waals surface area contributed by atoms with Crippen molar-refractivity contribution >= 4 is 5.91 Å². The van der Waals surface area contributed by atoms with Crippen molar-refractivity contribution < 1.29 is 4.79 Å². The Kier molecular flexibility index (Phi) is 2.68. The Hall–Kier alpha value is -0.570. The molecular weight excluding hydrogens is 128 g/mol. The third kappa shape index (κ3) is 1.70. The number of carbonyl (C=O) groups is 1. The van der Waals surface area contributed by atoms with Crippen LogP contribution < -0.4 is 5.32 Å². The number of rotatable bonds is 2. The molecule has 1 rings (SSSR count). The number of carbonyl (C=O) groups excluding carboxylic acids is 1. The van der Waals surface area contributed by atoms with E-state index in [1.54, 1.807) is 4.90 Å². The van der Waals surface area contributed by atoms with Gasteiger partial charge >= 0.3 is 0 Å². The first kappa shape index (κ1) is 7.54. The minimum atomic E-state index is 0.188. The summed E-state index contributed by atoms with van der Waals surface area (Å²) in [6.45, 7) is 6.23. The van der Waals surface area contributed by atoms with Crippen molar-refractivity contribution in [1.82, 2.24) is 10.2 Å². The van der Waals surface area contributed by atoms with Crippen LogP contribution in [0.5, 0.6) is 0 Å². The van der Waals surface area contributed by atoms with Gasteiger partial charge in [-0.25, -0.2) is 0 Å². The van der Waals surface area contributed by atoms with Crippen molar-refractivity contribution in [3.05, 3.63) is 6.54 Å². The van der Waals surface area contributed by atoms with E-state index in [1.165, 1.54) is 0 Å². The molecule has 1 radical (unpaired) electrons. The first-order chi connectivity index (χ1) is 4.84. The minimum Gasteiger partial charge on any atom is -0.335 e. The summed E-state index contributed by atoms with van der Waals surface area (Å²) in [7, 11) is 0. The standard InChI is InChI=1S/C7H13N2O/c1-2-4-9-5-3-8-6-7(9)10/h4,8H,2-3,5-6H2,1H3. The second-order valence-electron chi connectivity index (χ2n) is 2.35. The summed E-state index contributed by atoms with van der Waals surface area (Å²) in [5, 5.41) is 3.01. The van der Waals surface area contributed by atoms with E-state index < -0.39 is 0 Å². The predicted octanol–water partition coefficient (Wildman–Crippen LogP) is -0.0100. The van der Waals surface area contributed by atoms with Gasteiger partial charge in [-0.05, 0) is 6.42 Å². The molecule has 0 bridgehead atoms. The number of hydrogen-bond acceptors (Lipinski definition) is 2. The normalized spacial score (nSPS) is 19.7. The summed E-state index contributed by atoms with van der Waals surface area (Å²) in [6, 6.07) is 0. The zero-order chi connectivity index (χ0) is 7.40. The summed E-state index contributed by atoms with van der Waals surface area (Å²) >= 11 is 0. The lowest BCUT2D eigenvalue weighted by Gasteiger charge is -2.26. The van der Waals surface area contributed by atoms with Gasteiger partial charge in [0.25, 0.3) is 0 Å². The molecule has 0 spiro atoms. The average molecular weight is 141 g/mol. The van der Waals surface area contributed by atoms with Crippen molar-refractivity contribution in [3.63, 3.8) is 0 Å². The van der Waals surface area contributed by atoms with Gasteiger partial charge in [0.05, 0.1) is 13.1 Å². The number of piperazine rings is 1. The highest BCUT2D eigenvalue weighted by molar-refractivity contribution is 5.79. The zero-order valence-corrected chi connectivity index (χ0v) is 6.26. The van der Waals surface area contributed by atoms with E-state index >= 15 is 0 Å². The molecule has 57 valence electrons. The third-order valence-corrected chi connectivity index (χ3v) is 1.53. The molecule has 1 aliphatic heterocycles. The summed E-state index contributed by atoms with van der Waals surface area (Å²) in [5.74, 6) is 0.188. The average Bonchev–Trinajstić information content (AvgIpc) is 1.94. The third-order valence-electron chi connectivity index (χ3n) is 1.53. The highest BCUT2D eigenvalue weighted by atomic mass is 16.2. The van der Waals surface area contributed by atoms with Crippen LogP contribution in [0.4, 0.5) is 0 Å². The van der Waals surface area contributed by atoms with Crippen molar-refractivity contribution in [1.29, 1.82) is 0 Å². The van der Waals surface area contributed by atoms with Crippen LogP contribution in [0.25, 0.3) is 0 Å². The van der Waals surface area contributed by atoms with Gasteiger partial charge in [0, 0.05) is 13.1 Å². The molecule has 0 aromatic carbocycles. The Morgan fingerprint density at radius 3 is 3.20 bits per heavy atom. The van der Waals surface area contributed by atoms with Crippen molar-refractivity contribution in [2.24, 2.45) is 0 Å². The number of hydrogen-bond donors (Lipinski definition) is 1. The molecule has 0 unspecified atom stereocenters. The topological polar surface area (TPSA) is 32.3 Å². The SMILES string of the molecule is CC[CH]N1CCNCC1=O. The molecule has 10 heavy (non-hydrogen) atoms. The van der Waals surface area contributed by atoms with E-state index in [0.717, 1.165) is 19.5 Å². The van der Waals surface area contributed by atoms with Crippen LogP contribution in [0.3, 0.4) is 0 Å². The largest absolute Gasteiger partial charge is 0.335 e. The molecule has 1 N–H and O–H groups in total. The summed E-state index contributed by atoms with van der Waals surface area (Å²) in [5.41, 5.74) is 0. The quantitative estimate of drug-likeness (QED) is 0.586. The summed E-state index contributed by atoms with van der Waals surface area (Å²) in [4.78, 5) is 12.8. The molecule has 3 heteroatoms. The van der Waals surface area contributed by atoms with Crippen LogP contribution in [-0.2, 0) is 4.79 Å². The minimum absolute atomic E-state index is 0.188. The first-order valence-electron chi connectivity index (χ1n) is 3.68. The molecule has 1 fully saturated rings. The molecule has 1 heterocycles. The van der Waals surface area contributed by atoms with Gasteiger partial charge in [-0.1, -0.05) is 6.92 Å². The lowest BCUT2D eigenvalue weighted by atomic mass is 10.3. The Labute approximate surface area is 61.4 Å². The second-order valence-corrected chi connectivity index (χ2v) is 2.35. The van der Waals surface area contributed by atoms with Crippen molar-refractivity contribution in [2.75, 3.05) is 19.6 Å². The van der Waals surface area contributed by atoms with Crippen LogP contribution in [0.15, 0.2) is 0 Å². The van der Waals surface area contributed by atoms with Crippen LogP contribution in [0.1, 0.15) is 13.3 Å². The first-order valence-corrected chi connectivity index (χ1v) is 3.68. The van der Waals surface area contributed by atoms with Gasteiger partial charge in [-0.15, -0.1) is 0 Å². The van der Waals surface area contributed by atoms with E-state index in [0.29, 0.717) is 6.54 Å². The Morgan fingerprint density at radius 2 is 2.60 bits per heavy atom. The fourth-order valence-corrected chi connectivity index (χ4v) is 1.03. The van der Waals surface area contributed by atoms with Gasteiger partial charge < -0.3 is 10.2 Å². The Balaban J connectivity index is 2.32. The van der Waals surface area contributed by atoms with Crippen LogP contribution >= 0.6 is 0 Å². The molecule has 1 saturated heterocycles. The van der Waals surface area contributed by atoms with Gasteiger partial charge in [0.1, 0.15) is 0 Å². The van der Waals surface area contributed by atoms with Crippen molar-refractivity contribution in [3.8, 4) is 0 Å². The molecule has 0 aromatic rings. The van der Waals surface area contributed by atoms with E-state index in [4.69, 9.17) is 0 Å². The van der Waals surface area contributed by atoms with E-state index in [-0.39, 0.29) is 5.91 Å². The fraction of sp³-hybridized carbons (Fsp3) is 0.714. The van der Waals surface area contributed by atoms with E-state index in [9.17, 15) is 4.79 Å². The lowest BCUT2D eigenvalue weighted by molar-refractivity contribution is -0.130. The van der Waals surface area contributed by atoms with Crippen LogP contribution in [0, 0.1) is 6.54 Å². The summed E-state index contributed by atoms with van der Waals surface area (Å²) in [6.07, 6.45) is 0.936. The molecule has 0 aliphatic carbocycles. The molecular formula is C7H13N2O. The zero-order valence-electron chi connectivity index (χ0n) is 6.26. The molecule has 0 saturated carbocycles. The fourth-order valence-electron chi connectivity index (χ4n) is 1.03. The molecule has 3 nitrogen and oxygen atoms in total.